The lowest BCUT2D eigenvalue weighted by Gasteiger charge is -2.22. The summed E-state index contributed by atoms with van der Waals surface area (Å²) >= 11 is 0. The van der Waals surface area contributed by atoms with Gasteiger partial charge in [0.2, 0.25) is 5.95 Å². The molecule has 1 aromatic heterocycles. The third-order valence-corrected chi connectivity index (χ3v) is 5.10. The number of anilines is 2. The summed E-state index contributed by atoms with van der Waals surface area (Å²) in [5.41, 5.74) is 9.91. The minimum absolute atomic E-state index is 0.239. The summed E-state index contributed by atoms with van der Waals surface area (Å²) in [7, 11) is 1.99. The number of hydrogen-bond donors (Lipinski definition) is 2. The fourth-order valence-corrected chi connectivity index (χ4v) is 3.83. The van der Waals surface area contributed by atoms with Crippen molar-refractivity contribution in [1.82, 2.24) is 15.3 Å². The Morgan fingerprint density at radius 1 is 1.29 bits per heavy atom. The van der Waals surface area contributed by atoms with Gasteiger partial charge in [-0.25, -0.2) is 9.37 Å². The molecular formula is C18H22FN5. The van der Waals surface area contributed by atoms with E-state index in [1.165, 1.54) is 6.07 Å². The van der Waals surface area contributed by atoms with Crippen LogP contribution in [0.2, 0.25) is 0 Å². The molecule has 6 heteroatoms. The first-order valence-electron chi connectivity index (χ1n) is 8.53. The van der Waals surface area contributed by atoms with Gasteiger partial charge in [-0.2, -0.15) is 4.98 Å². The molecule has 1 unspecified atom stereocenters. The molecule has 0 saturated carbocycles. The van der Waals surface area contributed by atoms with Crippen molar-refractivity contribution in [2.24, 2.45) is 0 Å². The number of fused-ring (bicyclic) bond motifs is 3. The predicted octanol–water partition coefficient (Wildman–Crippen LogP) is 2.15. The quantitative estimate of drug-likeness (QED) is 0.885. The molecule has 24 heavy (non-hydrogen) atoms. The Morgan fingerprint density at radius 2 is 2.17 bits per heavy atom. The monoisotopic (exact) mass is 327 g/mol. The Morgan fingerprint density at radius 3 is 2.96 bits per heavy atom. The minimum atomic E-state index is -0.239. The van der Waals surface area contributed by atoms with Crippen molar-refractivity contribution >= 4 is 11.8 Å². The Labute approximate surface area is 141 Å². The Balaban J connectivity index is 1.85. The van der Waals surface area contributed by atoms with Gasteiger partial charge in [0.05, 0.1) is 5.69 Å². The fraction of sp³-hybridized carbons (Fsp3) is 0.444. The van der Waals surface area contributed by atoms with Crippen LogP contribution in [0.5, 0.6) is 0 Å². The Bertz CT molecular complexity index is 776. The van der Waals surface area contributed by atoms with Gasteiger partial charge in [-0.05, 0) is 50.4 Å². The molecule has 1 saturated heterocycles. The summed E-state index contributed by atoms with van der Waals surface area (Å²) in [5, 5.41) is 3.33. The van der Waals surface area contributed by atoms with E-state index in [1.807, 2.05) is 13.1 Å². The topological polar surface area (TPSA) is 67.1 Å². The SMILES string of the molecule is CNC1CCN(c2nc(N)nc3c2CCCc2ccc(F)cc2-3)C1. The number of hydrogen-bond acceptors (Lipinski definition) is 5. The van der Waals surface area contributed by atoms with E-state index in [4.69, 9.17) is 5.73 Å². The van der Waals surface area contributed by atoms with E-state index in [-0.39, 0.29) is 11.8 Å². The maximum absolute atomic E-state index is 13.8. The molecule has 0 bridgehead atoms. The van der Waals surface area contributed by atoms with Crippen molar-refractivity contribution < 1.29 is 4.39 Å². The highest BCUT2D eigenvalue weighted by atomic mass is 19.1. The molecule has 0 spiro atoms. The third kappa shape index (κ3) is 2.60. The van der Waals surface area contributed by atoms with Crippen LogP contribution < -0.4 is 16.0 Å². The molecule has 3 N–H and O–H groups in total. The van der Waals surface area contributed by atoms with Gasteiger partial charge in [0.1, 0.15) is 11.6 Å². The van der Waals surface area contributed by atoms with E-state index in [9.17, 15) is 4.39 Å². The standard InChI is InChI=1S/C18H22FN5/c1-21-13-7-8-24(10-13)17-14-4-2-3-11-5-6-12(19)9-15(11)16(14)22-18(20)23-17/h5-6,9,13,21H,2-4,7-8,10H2,1H3,(H2,20,22,23). The first-order chi connectivity index (χ1) is 11.7. The van der Waals surface area contributed by atoms with Gasteiger partial charge in [0.25, 0.3) is 0 Å². The molecule has 0 radical (unpaired) electrons. The molecular weight excluding hydrogens is 305 g/mol. The van der Waals surface area contributed by atoms with Crippen molar-refractivity contribution in [3.8, 4) is 11.3 Å². The number of nitrogen functional groups attached to an aromatic ring is 1. The van der Waals surface area contributed by atoms with Crippen molar-refractivity contribution in [1.29, 1.82) is 0 Å². The maximum atomic E-state index is 13.8. The van der Waals surface area contributed by atoms with Gasteiger partial charge in [-0.1, -0.05) is 6.07 Å². The number of nitrogens with one attached hydrogen (secondary N) is 1. The van der Waals surface area contributed by atoms with E-state index in [0.717, 1.165) is 67.0 Å². The van der Waals surface area contributed by atoms with Crippen molar-refractivity contribution in [2.75, 3.05) is 30.8 Å². The lowest BCUT2D eigenvalue weighted by molar-refractivity contribution is 0.616. The second kappa shape index (κ2) is 6.02. The summed E-state index contributed by atoms with van der Waals surface area (Å²) < 4.78 is 13.8. The molecule has 126 valence electrons. The highest BCUT2D eigenvalue weighted by molar-refractivity contribution is 5.74. The average molecular weight is 327 g/mol. The average Bonchev–Trinajstić information content (AvgIpc) is 2.98. The van der Waals surface area contributed by atoms with Crippen molar-refractivity contribution in [3.05, 3.63) is 35.1 Å². The van der Waals surface area contributed by atoms with Crippen molar-refractivity contribution in [3.63, 3.8) is 0 Å². The van der Waals surface area contributed by atoms with Crippen LogP contribution >= 0.6 is 0 Å². The molecule has 4 rings (SSSR count). The van der Waals surface area contributed by atoms with Gasteiger partial charge in [-0.15, -0.1) is 0 Å². The van der Waals surface area contributed by atoms with E-state index in [0.29, 0.717) is 6.04 Å². The van der Waals surface area contributed by atoms with Crippen LogP contribution in [0.25, 0.3) is 11.3 Å². The van der Waals surface area contributed by atoms with Crippen molar-refractivity contribution in [2.45, 2.75) is 31.7 Å². The molecule has 0 amide bonds. The predicted molar refractivity (Wildman–Crippen MR) is 93.5 cm³/mol. The second-order valence-electron chi connectivity index (χ2n) is 6.61. The maximum Gasteiger partial charge on any atom is 0.222 e. The second-order valence-corrected chi connectivity index (χ2v) is 6.61. The number of nitrogens with zero attached hydrogens (tertiary/aromatic N) is 3. The lowest BCUT2D eigenvalue weighted by Crippen LogP contribution is -2.30. The summed E-state index contributed by atoms with van der Waals surface area (Å²) in [4.78, 5) is 11.3. The third-order valence-electron chi connectivity index (χ3n) is 5.10. The zero-order valence-corrected chi connectivity index (χ0v) is 13.8. The summed E-state index contributed by atoms with van der Waals surface area (Å²) in [6, 6.07) is 5.43. The van der Waals surface area contributed by atoms with Crippen LogP contribution in [0.1, 0.15) is 24.0 Å². The van der Waals surface area contributed by atoms with E-state index in [2.05, 4.69) is 20.2 Å². The van der Waals surface area contributed by atoms with E-state index < -0.39 is 0 Å². The number of aromatic nitrogens is 2. The van der Waals surface area contributed by atoms with E-state index in [1.54, 1.807) is 6.07 Å². The molecule has 5 nitrogen and oxygen atoms in total. The van der Waals surface area contributed by atoms with Gasteiger partial charge < -0.3 is 16.0 Å². The number of nitrogens with two attached hydrogens (primary N) is 1. The van der Waals surface area contributed by atoms with Gasteiger partial charge in [0.15, 0.2) is 0 Å². The van der Waals surface area contributed by atoms with Crippen LogP contribution in [0.4, 0.5) is 16.2 Å². The molecule has 2 aliphatic rings. The molecule has 2 heterocycles. The number of likely N-dealkylation sites (N-methyl/N-ethyl adjacent to an activating group) is 1. The smallest absolute Gasteiger partial charge is 0.222 e. The highest BCUT2D eigenvalue weighted by Gasteiger charge is 2.28. The largest absolute Gasteiger partial charge is 0.368 e. The van der Waals surface area contributed by atoms with Crippen LogP contribution in [-0.2, 0) is 12.8 Å². The molecule has 2 aromatic rings. The molecule has 1 aliphatic heterocycles. The van der Waals surface area contributed by atoms with Crippen LogP contribution in [0, 0.1) is 5.82 Å². The molecule has 1 atom stereocenters. The first-order valence-corrected chi connectivity index (χ1v) is 8.53. The van der Waals surface area contributed by atoms with E-state index >= 15 is 0 Å². The first kappa shape index (κ1) is 15.3. The van der Waals surface area contributed by atoms with Crippen LogP contribution in [-0.4, -0.2) is 36.1 Å². The summed E-state index contributed by atoms with van der Waals surface area (Å²) in [6.45, 7) is 1.86. The Hall–Kier alpha value is -2.21. The molecule has 1 aliphatic carbocycles. The normalized spacial score (nSPS) is 19.8. The number of rotatable bonds is 2. The summed E-state index contributed by atoms with van der Waals surface area (Å²) in [5.74, 6) is 0.942. The van der Waals surface area contributed by atoms with Gasteiger partial charge >= 0.3 is 0 Å². The Kier molecular flexibility index (Phi) is 3.84. The summed E-state index contributed by atoms with van der Waals surface area (Å²) in [6.07, 6.45) is 3.90. The minimum Gasteiger partial charge on any atom is -0.368 e. The molecule has 1 fully saturated rings. The lowest BCUT2D eigenvalue weighted by atomic mass is 10.0. The number of halogens is 1. The number of aryl methyl sites for hydroxylation is 1. The van der Waals surface area contributed by atoms with Crippen LogP contribution in [0.15, 0.2) is 18.2 Å². The van der Waals surface area contributed by atoms with Crippen LogP contribution in [0.3, 0.4) is 0 Å². The fourth-order valence-electron chi connectivity index (χ4n) is 3.83. The van der Waals surface area contributed by atoms with Gasteiger partial charge in [0, 0.05) is 30.3 Å². The molecule has 1 aromatic carbocycles. The zero-order chi connectivity index (χ0) is 16.7. The van der Waals surface area contributed by atoms with Gasteiger partial charge in [-0.3, -0.25) is 0 Å². The highest BCUT2D eigenvalue weighted by Crippen LogP contribution is 2.37. The number of benzene rings is 1. The zero-order valence-electron chi connectivity index (χ0n) is 13.8.